The van der Waals surface area contributed by atoms with Gasteiger partial charge in [-0.1, -0.05) is 25.9 Å². The second-order valence-corrected chi connectivity index (χ2v) is 8.02. The van der Waals surface area contributed by atoms with Gasteiger partial charge in [0.15, 0.2) is 0 Å². The van der Waals surface area contributed by atoms with Crippen molar-refractivity contribution in [2.45, 2.75) is 52.5 Å². The molecular weight excluding hydrogens is 330 g/mol. The molecule has 1 aromatic carbocycles. The summed E-state index contributed by atoms with van der Waals surface area (Å²) in [6.45, 7) is 6.99. The fourth-order valence-corrected chi connectivity index (χ4v) is 3.27. The van der Waals surface area contributed by atoms with Crippen LogP contribution in [0.3, 0.4) is 0 Å². The quantitative estimate of drug-likeness (QED) is 0.819. The van der Waals surface area contributed by atoms with E-state index in [0.29, 0.717) is 18.1 Å². The summed E-state index contributed by atoms with van der Waals surface area (Å²) in [4.78, 5) is 19.3. The highest BCUT2D eigenvalue weighted by Crippen LogP contribution is 2.33. The maximum absolute atomic E-state index is 12.8. The van der Waals surface area contributed by atoms with Crippen LogP contribution >= 0.6 is 0 Å². The Labute approximate surface area is 154 Å². The molecule has 1 aromatic heterocycles. The molecule has 0 N–H and O–H groups in total. The Morgan fingerprint density at radius 3 is 2.65 bits per heavy atom. The zero-order valence-electron chi connectivity index (χ0n) is 16.0. The second-order valence-electron chi connectivity index (χ2n) is 8.02. The third kappa shape index (κ3) is 4.23. The Morgan fingerprint density at radius 2 is 2.00 bits per heavy atom. The Kier molecular flexibility index (Phi) is 5.30. The molecule has 2 aromatic rings. The minimum absolute atomic E-state index is 0.0395. The molecule has 26 heavy (non-hydrogen) atoms. The van der Waals surface area contributed by atoms with E-state index in [2.05, 4.69) is 30.9 Å². The van der Waals surface area contributed by atoms with Crippen molar-refractivity contribution < 1.29 is 14.1 Å². The summed E-state index contributed by atoms with van der Waals surface area (Å²) in [5.41, 5.74) is 0.825. The number of hydrogen-bond acceptors (Lipinski definition) is 5. The van der Waals surface area contributed by atoms with Crippen LogP contribution in [0.15, 0.2) is 28.8 Å². The van der Waals surface area contributed by atoms with E-state index in [1.807, 2.05) is 29.2 Å². The van der Waals surface area contributed by atoms with E-state index >= 15 is 0 Å². The molecule has 140 valence electrons. The second kappa shape index (κ2) is 7.48. The number of carbonyl (C=O) groups excluding carboxylic acids is 1. The molecule has 6 heteroatoms. The zero-order valence-corrected chi connectivity index (χ0v) is 16.0. The molecule has 0 radical (unpaired) electrons. The van der Waals surface area contributed by atoms with Crippen LogP contribution in [0, 0.1) is 5.41 Å². The molecule has 0 bridgehead atoms. The molecule has 1 unspecified atom stereocenters. The summed E-state index contributed by atoms with van der Waals surface area (Å²) in [6, 6.07) is 7.40. The normalized spacial score (nSPS) is 18.0. The lowest BCUT2D eigenvalue weighted by Crippen LogP contribution is -2.40. The van der Waals surface area contributed by atoms with Crippen molar-refractivity contribution in [2.24, 2.45) is 5.41 Å². The van der Waals surface area contributed by atoms with Crippen LogP contribution in [0.2, 0.25) is 0 Å². The number of benzene rings is 1. The van der Waals surface area contributed by atoms with Crippen molar-refractivity contribution >= 4 is 5.91 Å². The highest BCUT2D eigenvalue weighted by molar-refractivity contribution is 5.77. The molecule has 0 spiro atoms. The number of ether oxygens (including phenoxy) is 1. The molecule has 0 aliphatic carbocycles. The van der Waals surface area contributed by atoms with Crippen LogP contribution in [0.4, 0.5) is 0 Å². The first-order valence-electron chi connectivity index (χ1n) is 9.15. The number of methoxy groups -OCH3 is 1. The van der Waals surface area contributed by atoms with Crippen molar-refractivity contribution in [1.82, 2.24) is 15.0 Å². The van der Waals surface area contributed by atoms with E-state index in [0.717, 1.165) is 37.1 Å². The molecule has 1 aliphatic rings. The van der Waals surface area contributed by atoms with E-state index in [-0.39, 0.29) is 17.4 Å². The number of carbonyl (C=O) groups is 1. The fraction of sp³-hybridized carbons (Fsp3) is 0.550. The first-order valence-corrected chi connectivity index (χ1v) is 9.15. The number of amides is 1. The minimum atomic E-state index is -0.127. The summed E-state index contributed by atoms with van der Waals surface area (Å²) in [5, 5.41) is 4.12. The average molecular weight is 357 g/mol. The van der Waals surface area contributed by atoms with E-state index in [1.165, 1.54) is 0 Å². The lowest BCUT2D eigenvalue weighted by Gasteiger charge is -2.35. The van der Waals surface area contributed by atoms with Crippen LogP contribution in [-0.2, 0) is 4.79 Å². The summed E-state index contributed by atoms with van der Waals surface area (Å²) in [6.07, 6.45) is 3.46. The van der Waals surface area contributed by atoms with E-state index in [4.69, 9.17) is 9.26 Å². The van der Waals surface area contributed by atoms with Gasteiger partial charge in [-0.15, -0.1) is 0 Å². The smallest absolute Gasteiger partial charge is 0.249 e. The summed E-state index contributed by atoms with van der Waals surface area (Å²) < 4.78 is 10.7. The average Bonchev–Trinajstić information content (AvgIpc) is 3.10. The number of piperidine rings is 1. The predicted molar refractivity (Wildman–Crippen MR) is 98.7 cm³/mol. The van der Waals surface area contributed by atoms with Gasteiger partial charge >= 0.3 is 0 Å². The molecule has 1 fully saturated rings. The van der Waals surface area contributed by atoms with Gasteiger partial charge in [-0.2, -0.15) is 4.98 Å². The van der Waals surface area contributed by atoms with Gasteiger partial charge in [0.25, 0.3) is 0 Å². The third-order valence-corrected chi connectivity index (χ3v) is 4.58. The fourth-order valence-electron chi connectivity index (χ4n) is 3.27. The highest BCUT2D eigenvalue weighted by atomic mass is 16.5. The maximum Gasteiger partial charge on any atom is 0.249 e. The molecule has 1 saturated heterocycles. The van der Waals surface area contributed by atoms with Crippen molar-refractivity contribution in [3.63, 3.8) is 0 Å². The van der Waals surface area contributed by atoms with Crippen LogP contribution in [0.1, 0.15) is 58.4 Å². The Balaban J connectivity index is 1.80. The van der Waals surface area contributed by atoms with Crippen molar-refractivity contribution in [2.75, 3.05) is 13.7 Å². The third-order valence-electron chi connectivity index (χ3n) is 4.58. The van der Waals surface area contributed by atoms with Crippen LogP contribution < -0.4 is 4.74 Å². The SMILES string of the molecule is COc1ccc(-c2noc(C3CCCCN3C(=O)CC(C)(C)C)n2)cc1. The highest BCUT2D eigenvalue weighted by Gasteiger charge is 2.33. The van der Waals surface area contributed by atoms with E-state index in [1.54, 1.807) is 7.11 Å². The van der Waals surface area contributed by atoms with Crippen molar-refractivity contribution in [1.29, 1.82) is 0 Å². The molecule has 1 amide bonds. The van der Waals surface area contributed by atoms with Crippen LogP contribution in [0.5, 0.6) is 5.75 Å². The van der Waals surface area contributed by atoms with E-state index < -0.39 is 0 Å². The number of aromatic nitrogens is 2. The summed E-state index contributed by atoms with van der Waals surface area (Å²) in [5.74, 6) is 2.00. The van der Waals surface area contributed by atoms with Gasteiger partial charge in [0.05, 0.1) is 7.11 Å². The Bertz CT molecular complexity index is 746. The largest absolute Gasteiger partial charge is 0.497 e. The standard InChI is InChI=1S/C20H27N3O3/c1-20(2,3)13-17(24)23-12-6-5-7-16(23)19-21-18(22-26-19)14-8-10-15(25-4)11-9-14/h8-11,16H,5-7,12-13H2,1-4H3. The van der Waals surface area contributed by atoms with Gasteiger partial charge in [-0.25, -0.2) is 0 Å². The Morgan fingerprint density at radius 1 is 1.27 bits per heavy atom. The number of nitrogens with zero attached hydrogens (tertiary/aromatic N) is 3. The van der Waals surface area contributed by atoms with Crippen molar-refractivity contribution in [3.8, 4) is 17.1 Å². The molecule has 6 nitrogen and oxygen atoms in total. The molecule has 3 rings (SSSR count). The molecular formula is C20H27N3O3. The minimum Gasteiger partial charge on any atom is -0.497 e. The topological polar surface area (TPSA) is 68.5 Å². The molecule has 1 aliphatic heterocycles. The number of hydrogen-bond donors (Lipinski definition) is 0. The van der Waals surface area contributed by atoms with Gasteiger partial charge < -0.3 is 14.2 Å². The van der Waals surface area contributed by atoms with Gasteiger partial charge in [-0.05, 0) is 48.9 Å². The van der Waals surface area contributed by atoms with E-state index in [9.17, 15) is 4.79 Å². The van der Waals surface area contributed by atoms with Gasteiger partial charge in [0.1, 0.15) is 11.8 Å². The predicted octanol–water partition coefficient (Wildman–Crippen LogP) is 4.24. The Hall–Kier alpha value is -2.37. The van der Waals surface area contributed by atoms with Gasteiger partial charge in [-0.3, -0.25) is 4.79 Å². The monoisotopic (exact) mass is 357 g/mol. The lowest BCUT2D eigenvalue weighted by atomic mass is 9.90. The lowest BCUT2D eigenvalue weighted by molar-refractivity contribution is -0.137. The van der Waals surface area contributed by atoms with Crippen molar-refractivity contribution in [3.05, 3.63) is 30.2 Å². The molecule has 1 atom stereocenters. The van der Waals surface area contributed by atoms with Crippen LogP contribution in [0.25, 0.3) is 11.4 Å². The number of rotatable bonds is 4. The first-order chi connectivity index (χ1) is 12.4. The number of likely N-dealkylation sites (tertiary alicyclic amines) is 1. The summed E-state index contributed by atoms with van der Waals surface area (Å²) in [7, 11) is 1.63. The van der Waals surface area contributed by atoms with Crippen LogP contribution in [-0.4, -0.2) is 34.6 Å². The first kappa shape index (κ1) is 18.4. The zero-order chi connectivity index (χ0) is 18.7. The summed E-state index contributed by atoms with van der Waals surface area (Å²) >= 11 is 0. The molecule has 2 heterocycles. The van der Waals surface area contributed by atoms with Gasteiger partial charge in [0.2, 0.25) is 17.6 Å². The van der Waals surface area contributed by atoms with Gasteiger partial charge in [0, 0.05) is 18.5 Å². The maximum atomic E-state index is 12.8. The molecule has 0 saturated carbocycles.